The number of benzene rings is 3. The summed E-state index contributed by atoms with van der Waals surface area (Å²) in [5.74, 6) is 1.60. The summed E-state index contributed by atoms with van der Waals surface area (Å²) in [4.78, 5) is 17.8. The molecule has 1 atom stereocenters. The molecule has 188 valence electrons. The molecule has 1 saturated heterocycles. The SMILES string of the molecule is O=C(CN1CCC(CCOc2ccc(F)cc2)CC1)N1CCCC(c2ccccc2)c2ccccc21. The van der Waals surface area contributed by atoms with Gasteiger partial charge in [-0.2, -0.15) is 0 Å². The first kappa shape index (κ1) is 24.5. The van der Waals surface area contributed by atoms with E-state index in [1.165, 1.54) is 23.3 Å². The summed E-state index contributed by atoms with van der Waals surface area (Å²) in [6.45, 7) is 3.77. The standard InChI is InChI=1S/C31H35FN2O2/c32-26-12-14-27(15-13-26)36-22-18-24-16-20-33(21-17-24)23-31(35)34-19-6-10-28(25-7-2-1-3-8-25)29-9-4-5-11-30(29)34/h1-5,7-9,11-15,24,28H,6,10,16-23H2. The second-order valence-corrected chi connectivity index (χ2v) is 10.0. The number of rotatable bonds is 7. The number of ether oxygens (including phenoxy) is 1. The monoisotopic (exact) mass is 486 g/mol. The van der Waals surface area contributed by atoms with E-state index in [0.29, 0.717) is 30.7 Å². The second-order valence-electron chi connectivity index (χ2n) is 10.0. The summed E-state index contributed by atoms with van der Waals surface area (Å²) >= 11 is 0. The average molecular weight is 487 g/mol. The van der Waals surface area contributed by atoms with Gasteiger partial charge >= 0.3 is 0 Å². The predicted molar refractivity (Wildman–Crippen MR) is 142 cm³/mol. The Morgan fingerprint density at radius 3 is 2.36 bits per heavy atom. The number of hydrogen-bond donors (Lipinski definition) is 0. The molecule has 0 N–H and O–H groups in total. The van der Waals surface area contributed by atoms with Gasteiger partial charge in [-0.25, -0.2) is 4.39 Å². The van der Waals surface area contributed by atoms with Gasteiger partial charge in [-0.15, -0.1) is 0 Å². The lowest BCUT2D eigenvalue weighted by atomic mass is 9.87. The van der Waals surface area contributed by atoms with Crippen LogP contribution in [0.1, 0.15) is 49.1 Å². The number of hydrogen-bond acceptors (Lipinski definition) is 3. The molecule has 1 unspecified atom stereocenters. The highest BCUT2D eigenvalue weighted by molar-refractivity contribution is 5.96. The number of carbonyl (C=O) groups is 1. The van der Waals surface area contributed by atoms with Crippen LogP contribution in [0.2, 0.25) is 0 Å². The fourth-order valence-corrected chi connectivity index (χ4v) is 5.63. The summed E-state index contributed by atoms with van der Waals surface area (Å²) < 4.78 is 18.8. The number of nitrogens with zero attached hydrogens (tertiary/aromatic N) is 2. The maximum Gasteiger partial charge on any atom is 0.241 e. The van der Waals surface area contributed by atoms with Gasteiger partial charge in [0.25, 0.3) is 0 Å². The molecule has 0 saturated carbocycles. The van der Waals surface area contributed by atoms with Gasteiger partial charge in [-0.3, -0.25) is 9.69 Å². The normalized spacial score (nSPS) is 18.9. The number of amides is 1. The molecule has 1 fully saturated rings. The first-order valence-electron chi connectivity index (χ1n) is 13.2. The Balaban J connectivity index is 1.15. The van der Waals surface area contributed by atoms with Gasteiger partial charge < -0.3 is 9.64 Å². The molecule has 0 bridgehead atoms. The van der Waals surface area contributed by atoms with Gasteiger partial charge in [0.15, 0.2) is 0 Å². The van der Waals surface area contributed by atoms with Crippen LogP contribution < -0.4 is 9.64 Å². The Morgan fingerprint density at radius 1 is 0.861 bits per heavy atom. The van der Waals surface area contributed by atoms with Crippen LogP contribution in [0.5, 0.6) is 5.75 Å². The van der Waals surface area contributed by atoms with E-state index in [0.717, 1.165) is 57.4 Å². The van der Waals surface area contributed by atoms with Crippen LogP contribution in [0.15, 0.2) is 78.9 Å². The van der Waals surface area contributed by atoms with Gasteiger partial charge in [0, 0.05) is 18.2 Å². The number of anilines is 1. The van der Waals surface area contributed by atoms with Crippen LogP contribution >= 0.6 is 0 Å². The zero-order valence-corrected chi connectivity index (χ0v) is 20.8. The maximum atomic E-state index is 13.5. The molecule has 3 aromatic rings. The van der Waals surface area contributed by atoms with E-state index in [-0.39, 0.29) is 11.7 Å². The highest BCUT2D eigenvalue weighted by Crippen LogP contribution is 2.38. The summed E-state index contributed by atoms with van der Waals surface area (Å²) in [6, 6.07) is 25.3. The molecule has 0 spiro atoms. The number of fused-ring (bicyclic) bond motifs is 1. The van der Waals surface area contributed by atoms with Crippen LogP contribution in [0.4, 0.5) is 10.1 Å². The maximum absolute atomic E-state index is 13.5. The van der Waals surface area contributed by atoms with Gasteiger partial charge in [0.1, 0.15) is 11.6 Å². The van der Waals surface area contributed by atoms with Crippen molar-refractivity contribution < 1.29 is 13.9 Å². The Hall–Kier alpha value is -3.18. The molecule has 1 amide bonds. The van der Waals surface area contributed by atoms with E-state index in [9.17, 15) is 9.18 Å². The lowest BCUT2D eigenvalue weighted by Gasteiger charge is -2.33. The van der Waals surface area contributed by atoms with Gasteiger partial charge in [0.05, 0.1) is 13.2 Å². The predicted octanol–water partition coefficient (Wildman–Crippen LogP) is 6.27. The molecule has 4 nitrogen and oxygen atoms in total. The van der Waals surface area contributed by atoms with E-state index in [1.807, 2.05) is 11.0 Å². The third-order valence-corrected chi connectivity index (χ3v) is 7.65. The Bertz CT molecular complexity index is 1130. The van der Waals surface area contributed by atoms with Crippen LogP contribution in [0, 0.1) is 11.7 Å². The molecular weight excluding hydrogens is 451 g/mol. The lowest BCUT2D eigenvalue weighted by molar-refractivity contribution is -0.120. The minimum Gasteiger partial charge on any atom is -0.494 e. The minimum absolute atomic E-state index is 0.203. The molecule has 5 heteroatoms. The third kappa shape index (κ3) is 5.96. The van der Waals surface area contributed by atoms with E-state index in [2.05, 4.69) is 53.4 Å². The molecule has 2 heterocycles. The number of piperidine rings is 1. The van der Waals surface area contributed by atoms with Crippen molar-refractivity contribution in [3.05, 3.63) is 95.8 Å². The summed E-state index contributed by atoms with van der Waals surface area (Å²) in [7, 11) is 0. The van der Waals surface area contributed by atoms with E-state index >= 15 is 0 Å². The van der Waals surface area contributed by atoms with Crippen molar-refractivity contribution in [1.82, 2.24) is 4.90 Å². The van der Waals surface area contributed by atoms with Crippen LogP contribution in [-0.2, 0) is 4.79 Å². The number of carbonyl (C=O) groups excluding carboxylic acids is 1. The third-order valence-electron chi connectivity index (χ3n) is 7.65. The Kier molecular flexibility index (Phi) is 7.97. The second kappa shape index (κ2) is 11.7. The highest BCUT2D eigenvalue weighted by Gasteiger charge is 2.29. The van der Waals surface area contributed by atoms with Gasteiger partial charge in [-0.1, -0.05) is 48.5 Å². The first-order chi connectivity index (χ1) is 17.7. The smallest absolute Gasteiger partial charge is 0.241 e. The quantitative estimate of drug-likeness (QED) is 0.395. The fraction of sp³-hybridized carbons (Fsp3) is 0.387. The van der Waals surface area contributed by atoms with E-state index in [1.54, 1.807) is 12.1 Å². The molecule has 2 aliphatic heterocycles. The lowest BCUT2D eigenvalue weighted by Crippen LogP contribution is -2.44. The zero-order valence-electron chi connectivity index (χ0n) is 20.8. The van der Waals surface area contributed by atoms with E-state index in [4.69, 9.17) is 4.74 Å². The van der Waals surface area contributed by atoms with Crippen molar-refractivity contribution in [3.8, 4) is 5.75 Å². The molecule has 2 aliphatic rings. The summed E-state index contributed by atoms with van der Waals surface area (Å²) in [5.41, 5.74) is 3.65. The van der Waals surface area contributed by atoms with E-state index < -0.39 is 0 Å². The van der Waals surface area contributed by atoms with Crippen molar-refractivity contribution in [1.29, 1.82) is 0 Å². The molecule has 0 radical (unpaired) electrons. The van der Waals surface area contributed by atoms with Crippen molar-refractivity contribution in [3.63, 3.8) is 0 Å². The summed E-state index contributed by atoms with van der Waals surface area (Å²) in [6.07, 6.45) is 5.19. The molecule has 36 heavy (non-hydrogen) atoms. The fourth-order valence-electron chi connectivity index (χ4n) is 5.63. The molecule has 5 rings (SSSR count). The van der Waals surface area contributed by atoms with Gasteiger partial charge in [0.2, 0.25) is 5.91 Å². The van der Waals surface area contributed by atoms with Crippen molar-refractivity contribution in [2.45, 2.75) is 38.0 Å². The largest absolute Gasteiger partial charge is 0.494 e. The first-order valence-corrected chi connectivity index (χ1v) is 13.2. The Morgan fingerprint density at radius 2 is 1.58 bits per heavy atom. The van der Waals surface area contributed by atoms with Crippen LogP contribution in [0.25, 0.3) is 0 Å². The number of halogens is 1. The van der Waals surface area contributed by atoms with Crippen molar-refractivity contribution >= 4 is 11.6 Å². The molecule has 0 aliphatic carbocycles. The topological polar surface area (TPSA) is 32.8 Å². The Labute approximate surface area is 213 Å². The minimum atomic E-state index is -0.246. The van der Waals surface area contributed by atoms with Crippen LogP contribution in [-0.4, -0.2) is 43.6 Å². The molecule has 0 aromatic heterocycles. The highest BCUT2D eigenvalue weighted by atomic mass is 19.1. The molecule has 3 aromatic carbocycles. The van der Waals surface area contributed by atoms with Crippen molar-refractivity contribution in [2.75, 3.05) is 37.7 Å². The summed E-state index contributed by atoms with van der Waals surface area (Å²) in [5, 5.41) is 0. The average Bonchev–Trinajstić information content (AvgIpc) is 3.11. The van der Waals surface area contributed by atoms with Gasteiger partial charge in [-0.05, 0) is 92.6 Å². The number of para-hydroxylation sites is 1. The van der Waals surface area contributed by atoms with Crippen molar-refractivity contribution in [2.24, 2.45) is 5.92 Å². The van der Waals surface area contributed by atoms with Crippen LogP contribution in [0.3, 0.4) is 0 Å². The zero-order chi connectivity index (χ0) is 24.7. The number of likely N-dealkylation sites (tertiary alicyclic amines) is 1. The molecular formula is C31H35FN2O2.